The fraction of sp³-hybridized carbons (Fsp3) is 0.400. The van der Waals surface area contributed by atoms with Crippen LogP contribution in [0.4, 0.5) is 11.5 Å². The molecular formula is C15H21N6O3S+. The summed E-state index contributed by atoms with van der Waals surface area (Å²) in [6.45, 7) is 2.80. The van der Waals surface area contributed by atoms with E-state index < -0.39 is 10.0 Å². The highest BCUT2D eigenvalue weighted by molar-refractivity contribution is 7.88. The number of sulfonamides is 1. The van der Waals surface area contributed by atoms with Crippen molar-refractivity contribution in [3.05, 3.63) is 30.1 Å². The maximum Gasteiger partial charge on any atom is 0.229 e. The molecule has 1 saturated heterocycles. The standard InChI is InChI=1S/C15H20N6O3S/c1-20-15(16)14(10-17-20)18-12-4-3-11(21-5-7-24-8-6-21)9-13(12)19-25(2,22)23/h3-4,9-10H,5-8H2,1-2H3,(H2,16,17,19)/p+1. The van der Waals surface area contributed by atoms with Crippen LogP contribution >= 0.6 is 0 Å². The molecule has 1 aliphatic heterocycles. The Bertz CT molecular complexity index is 900. The van der Waals surface area contributed by atoms with Crippen molar-refractivity contribution in [3.8, 4) is 0 Å². The third-order valence-corrected chi connectivity index (χ3v) is 4.45. The predicted molar refractivity (Wildman–Crippen MR) is 95.7 cm³/mol. The molecule has 2 aliphatic rings. The molecule has 134 valence electrons. The lowest BCUT2D eigenvalue weighted by molar-refractivity contribution is -0.547. The summed E-state index contributed by atoms with van der Waals surface area (Å²) in [6.07, 6.45) is 8.10. The molecule has 0 aromatic carbocycles. The number of nitrogens with one attached hydrogen (secondary N) is 1. The van der Waals surface area contributed by atoms with Crippen LogP contribution in [0.25, 0.3) is 0 Å². The molecule has 1 aliphatic carbocycles. The van der Waals surface area contributed by atoms with Crippen LogP contribution in [-0.2, 0) is 21.8 Å². The maximum atomic E-state index is 11.7. The SMILES string of the molecule is Cn1ncc(/N=C2/C=CC(=[N+]3CCOCC3)C=C2NS(C)(=O)=O)c1N. The van der Waals surface area contributed by atoms with Gasteiger partial charge in [0.25, 0.3) is 0 Å². The monoisotopic (exact) mass is 365 g/mol. The number of aromatic nitrogens is 2. The van der Waals surface area contributed by atoms with Crippen molar-refractivity contribution in [1.82, 2.24) is 14.5 Å². The van der Waals surface area contributed by atoms with Crippen LogP contribution in [0.5, 0.6) is 0 Å². The zero-order valence-corrected chi connectivity index (χ0v) is 15.0. The summed E-state index contributed by atoms with van der Waals surface area (Å²) in [7, 11) is -1.74. The number of ether oxygens (including phenoxy) is 1. The average molecular weight is 365 g/mol. The molecule has 0 bridgehead atoms. The molecule has 1 fully saturated rings. The van der Waals surface area contributed by atoms with Crippen molar-refractivity contribution in [3.63, 3.8) is 0 Å². The molecule has 0 spiro atoms. The quantitative estimate of drug-likeness (QED) is 0.557. The maximum absolute atomic E-state index is 11.7. The number of nitrogens with two attached hydrogens (primary N) is 1. The second kappa shape index (κ2) is 6.81. The van der Waals surface area contributed by atoms with Crippen molar-refractivity contribution in [1.29, 1.82) is 0 Å². The predicted octanol–water partition coefficient (Wildman–Crippen LogP) is -0.439. The van der Waals surface area contributed by atoms with Crippen LogP contribution in [0, 0.1) is 0 Å². The highest BCUT2D eigenvalue weighted by Gasteiger charge is 2.22. The molecule has 3 rings (SSSR count). The van der Waals surface area contributed by atoms with Gasteiger partial charge in [-0.2, -0.15) is 5.10 Å². The van der Waals surface area contributed by atoms with Gasteiger partial charge in [-0.25, -0.2) is 18.0 Å². The molecular weight excluding hydrogens is 344 g/mol. The van der Waals surface area contributed by atoms with E-state index in [9.17, 15) is 8.42 Å². The van der Waals surface area contributed by atoms with Gasteiger partial charge in [0.1, 0.15) is 24.7 Å². The van der Waals surface area contributed by atoms with Crippen LogP contribution < -0.4 is 10.5 Å². The molecule has 0 saturated carbocycles. The van der Waals surface area contributed by atoms with Crippen molar-refractivity contribution in [2.75, 3.05) is 38.3 Å². The Morgan fingerprint density at radius 2 is 2.08 bits per heavy atom. The highest BCUT2D eigenvalue weighted by Crippen LogP contribution is 2.22. The molecule has 10 heteroatoms. The van der Waals surface area contributed by atoms with Gasteiger partial charge < -0.3 is 10.5 Å². The Kier molecular flexibility index (Phi) is 4.73. The van der Waals surface area contributed by atoms with E-state index in [1.165, 1.54) is 10.9 Å². The molecule has 0 unspecified atom stereocenters. The van der Waals surface area contributed by atoms with E-state index in [0.29, 0.717) is 36.1 Å². The van der Waals surface area contributed by atoms with Gasteiger partial charge >= 0.3 is 0 Å². The van der Waals surface area contributed by atoms with Gasteiger partial charge in [0.05, 0.1) is 23.9 Å². The summed E-state index contributed by atoms with van der Waals surface area (Å²) < 4.78 is 35.0. The molecule has 1 aromatic heterocycles. The van der Waals surface area contributed by atoms with E-state index in [2.05, 4.69) is 19.4 Å². The van der Waals surface area contributed by atoms with E-state index in [0.717, 1.165) is 25.1 Å². The zero-order valence-electron chi connectivity index (χ0n) is 14.1. The van der Waals surface area contributed by atoms with Crippen LogP contribution in [-0.4, -0.2) is 66.8 Å². The second-order valence-corrected chi connectivity index (χ2v) is 7.57. The van der Waals surface area contributed by atoms with E-state index >= 15 is 0 Å². The van der Waals surface area contributed by atoms with Gasteiger partial charge in [0, 0.05) is 19.2 Å². The molecule has 1 aromatic rings. The van der Waals surface area contributed by atoms with E-state index in [1.54, 1.807) is 19.2 Å². The van der Waals surface area contributed by atoms with Gasteiger partial charge in [-0.3, -0.25) is 9.40 Å². The number of anilines is 1. The minimum atomic E-state index is -3.45. The second-order valence-electron chi connectivity index (χ2n) is 5.83. The number of nitrogen functional groups attached to an aromatic ring is 1. The number of aliphatic imine (C=N–C) groups is 1. The van der Waals surface area contributed by atoms with Crippen molar-refractivity contribution in [2.24, 2.45) is 12.0 Å². The number of allylic oxidation sites excluding steroid dienone is 3. The third kappa shape index (κ3) is 4.15. The molecule has 25 heavy (non-hydrogen) atoms. The topological polar surface area (TPSA) is 115 Å². The van der Waals surface area contributed by atoms with Gasteiger partial charge in [0.2, 0.25) is 15.7 Å². The highest BCUT2D eigenvalue weighted by atomic mass is 32.2. The first-order chi connectivity index (χ1) is 11.8. The van der Waals surface area contributed by atoms with E-state index in [1.807, 2.05) is 6.08 Å². The van der Waals surface area contributed by atoms with Crippen LogP contribution in [0.2, 0.25) is 0 Å². The van der Waals surface area contributed by atoms with Gasteiger partial charge in [-0.1, -0.05) is 0 Å². The molecule has 0 amide bonds. The fourth-order valence-corrected chi connectivity index (χ4v) is 3.14. The number of nitrogens with zero attached hydrogens (tertiary/aromatic N) is 4. The zero-order chi connectivity index (χ0) is 18.0. The summed E-state index contributed by atoms with van der Waals surface area (Å²) in [4.78, 5) is 4.45. The number of aryl methyl sites for hydroxylation is 1. The largest absolute Gasteiger partial charge is 0.382 e. The first-order valence-corrected chi connectivity index (χ1v) is 9.66. The number of morpholine rings is 1. The smallest absolute Gasteiger partial charge is 0.229 e. The summed E-state index contributed by atoms with van der Waals surface area (Å²) >= 11 is 0. The number of rotatable bonds is 3. The summed E-state index contributed by atoms with van der Waals surface area (Å²) in [5.41, 5.74) is 8.19. The molecule has 9 nitrogen and oxygen atoms in total. The van der Waals surface area contributed by atoms with Gasteiger partial charge in [-0.05, 0) is 6.08 Å². The molecule has 3 N–H and O–H groups in total. The summed E-state index contributed by atoms with van der Waals surface area (Å²) in [5, 5.41) is 4.04. The molecule has 2 heterocycles. The lowest BCUT2D eigenvalue weighted by Gasteiger charge is -2.16. The Hall–Kier alpha value is -2.46. The summed E-state index contributed by atoms with van der Waals surface area (Å²) in [6, 6.07) is 0. The van der Waals surface area contributed by atoms with Gasteiger partial charge in [-0.15, -0.1) is 0 Å². The van der Waals surface area contributed by atoms with Crippen molar-refractivity contribution >= 4 is 33.0 Å². The number of hydrogen-bond donors (Lipinski definition) is 2. The Morgan fingerprint density at radius 1 is 1.36 bits per heavy atom. The molecule has 0 atom stereocenters. The third-order valence-electron chi connectivity index (χ3n) is 3.86. The lowest BCUT2D eigenvalue weighted by Crippen LogP contribution is -2.35. The molecule has 0 radical (unpaired) electrons. The first-order valence-electron chi connectivity index (χ1n) is 7.77. The summed E-state index contributed by atoms with van der Waals surface area (Å²) in [5.74, 6) is 0.405. The van der Waals surface area contributed by atoms with E-state index in [-0.39, 0.29) is 0 Å². The lowest BCUT2D eigenvalue weighted by atomic mass is 10.1. The average Bonchev–Trinajstić information content (AvgIpc) is 2.88. The van der Waals surface area contributed by atoms with Crippen LogP contribution in [0.3, 0.4) is 0 Å². The first kappa shape index (κ1) is 17.4. The Labute approximate surface area is 146 Å². The van der Waals surface area contributed by atoms with Crippen molar-refractivity contribution < 1.29 is 17.7 Å². The van der Waals surface area contributed by atoms with E-state index in [4.69, 9.17) is 10.5 Å². The van der Waals surface area contributed by atoms with Crippen LogP contribution in [0.1, 0.15) is 0 Å². The van der Waals surface area contributed by atoms with Crippen molar-refractivity contribution in [2.45, 2.75) is 0 Å². The minimum Gasteiger partial charge on any atom is -0.382 e. The normalized spacial score (nSPS) is 20.1. The number of hydrogen-bond acceptors (Lipinski definition) is 6. The minimum absolute atomic E-state index is 0.398. The van der Waals surface area contributed by atoms with Crippen LogP contribution in [0.15, 0.2) is 35.1 Å². The Morgan fingerprint density at radius 3 is 2.68 bits per heavy atom. The van der Waals surface area contributed by atoms with Gasteiger partial charge in [0.15, 0.2) is 13.1 Å². The fourth-order valence-electron chi connectivity index (χ4n) is 2.57. The Balaban J connectivity index is 2.01.